The molecular formula is C15H26N3O5S+. The minimum atomic E-state index is -3.41. The molecule has 0 aliphatic heterocycles. The van der Waals surface area contributed by atoms with Gasteiger partial charge in [0.1, 0.15) is 11.5 Å². The van der Waals surface area contributed by atoms with Crippen LogP contribution < -0.4 is 24.4 Å². The molecule has 0 radical (unpaired) electrons. The van der Waals surface area contributed by atoms with Crippen LogP contribution in [0.5, 0.6) is 11.5 Å². The number of methoxy groups -OCH3 is 2. The number of amides is 1. The van der Waals surface area contributed by atoms with E-state index in [1.807, 2.05) is 14.1 Å². The van der Waals surface area contributed by atoms with Crippen molar-refractivity contribution in [1.29, 1.82) is 0 Å². The summed E-state index contributed by atoms with van der Waals surface area (Å²) in [6.07, 6.45) is 0. The molecule has 8 nitrogen and oxygen atoms in total. The van der Waals surface area contributed by atoms with Crippen molar-refractivity contribution in [2.24, 2.45) is 0 Å². The molecule has 1 aromatic carbocycles. The van der Waals surface area contributed by atoms with E-state index in [2.05, 4.69) is 10.0 Å². The van der Waals surface area contributed by atoms with E-state index in [0.29, 0.717) is 30.2 Å². The Hall–Kier alpha value is -1.84. The Bertz CT molecular complexity index is 624. The highest BCUT2D eigenvalue weighted by Crippen LogP contribution is 2.22. The van der Waals surface area contributed by atoms with Gasteiger partial charge in [-0.2, -0.15) is 0 Å². The van der Waals surface area contributed by atoms with Gasteiger partial charge in [-0.3, -0.25) is 4.79 Å². The standard InChI is InChI=1S/C15H25N3O5S/c1-18(2)7-5-17-24(20,21)8-6-16-15(19)12-9-13(22-3)11-14(10-12)23-4/h9-11,17H,5-8H2,1-4H3,(H,16,19)/p+1. The molecule has 0 aromatic heterocycles. The molecule has 9 heteroatoms. The molecule has 24 heavy (non-hydrogen) atoms. The van der Waals surface area contributed by atoms with Crippen molar-refractivity contribution in [1.82, 2.24) is 10.0 Å². The molecule has 0 atom stereocenters. The summed E-state index contributed by atoms with van der Waals surface area (Å²) in [7, 11) is 3.46. The maximum atomic E-state index is 12.1. The van der Waals surface area contributed by atoms with Crippen LogP contribution in [0, 0.1) is 0 Å². The molecule has 1 rings (SSSR count). The third-order valence-electron chi connectivity index (χ3n) is 3.22. The fraction of sp³-hybridized carbons (Fsp3) is 0.533. The van der Waals surface area contributed by atoms with E-state index >= 15 is 0 Å². The molecule has 0 spiro atoms. The van der Waals surface area contributed by atoms with Crippen LogP contribution in [-0.4, -0.2) is 68.0 Å². The van der Waals surface area contributed by atoms with E-state index in [9.17, 15) is 13.2 Å². The van der Waals surface area contributed by atoms with Crippen molar-refractivity contribution >= 4 is 15.9 Å². The quantitative estimate of drug-likeness (QED) is 0.472. The van der Waals surface area contributed by atoms with Crippen LogP contribution in [0.1, 0.15) is 10.4 Å². The van der Waals surface area contributed by atoms with Crippen molar-refractivity contribution in [3.05, 3.63) is 23.8 Å². The number of nitrogens with one attached hydrogen (secondary N) is 3. The zero-order chi connectivity index (χ0) is 18.2. The monoisotopic (exact) mass is 360 g/mol. The number of likely N-dealkylation sites (N-methyl/N-ethyl adjacent to an activating group) is 1. The number of carbonyl (C=O) groups is 1. The maximum absolute atomic E-state index is 12.1. The number of hydrogen-bond acceptors (Lipinski definition) is 5. The summed E-state index contributed by atoms with van der Waals surface area (Å²) in [5.74, 6) is 0.405. The topological polar surface area (TPSA) is 98.2 Å². The molecule has 0 unspecified atom stereocenters. The molecule has 1 amide bonds. The second-order valence-electron chi connectivity index (χ2n) is 5.53. The van der Waals surface area contributed by atoms with E-state index < -0.39 is 10.0 Å². The fourth-order valence-electron chi connectivity index (χ4n) is 1.87. The van der Waals surface area contributed by atoms with Gasteiger partial charge in [0.15, 0.2) is 0 Å². The van der Waals surface area contributed by atoms with Crippen molar-refractivity contribution in [3.8, 4) is 11.5 Å². The summed E-state index contributed by atoms with van der Waals surface area (Å²) in [4.78, 5) is 13.3. The van der Waals surface area contributed by atoms with Crippen molar-refractivity contribution < 1.29 is 27.6 Å². The zero-order valence-corrected chi connectivity index (χ0v) is 15.3. The minimum Gasteiger partial charge on any atom is -0.497 e. The van der Waals surface area contributed by atoms with Gasteiger partial charge in [0.05, 0.1) is 47.2 Å². The van der Waals surface area contributed by atoms with Crippen LogP contribution in [0.4, 0.5) is 0 Å². The second kappa shape index (κ2) is 9.45. The lowest BCUT2D eigenvalue weighted by Crippen LogP contribution is -3.06. The van der Waals surface area contributed by atoms with Gasteiger partial charge in [0, 0.05) is 18.2 Å². The summed E-state index contributed by atoms with van der Waals surface area (Å²) in [5, 5.41) is 2.58. The maximum Gasteiger partial charge on any atom is 0.251 e. The van der Waals surface area contributed by atoms with Gasteiger partial charge < -0.3 is 19.7 Å². The largest absolute Gasteiger partial charge is 0.497 e. The van der Waals surface area contributed by atoms with Crippen LogP contribution in [0.25, 0.3) is 0 Å². The van der Waals surface area contributed by atoms with Gasteiger partial charge in [0.25, 0.3) is 5.91 Å². The molecule has 1 aromatic rings. The molecule has 0 aliphatic carbocycles. The molecule has 3 N–H and O–H groups in total. The number of sulfonamides is 1. The molecule has 0 heterocycles. The first-order valence-corrected chi connectivity index (χ1v) is 9.20. The predicted molar refractivity (Wildman–Crippen MR) is 91.3 cm³/mol. The van der Waals surface area contributed by atoms with E-state index in [4.69, 9.17) is 9.47 Å². The third-order valence-corrected chi connectivity index (χ3v) is 4.60. The van der Waals surface area contributed by atoms with Gasteiger partial charge in [-0.15, -0.1) is 0 Å². The summed E-state index contributed by atoms with van der Waals surface area (Å²) < 4.78 is 36.3. The normalized spacial score (nSPS) is 11.4. The van der Waals surface area contributed by atoms with Crippen LogP contribution >= 0.6 is 0 Å². The molecule has 136 valence electrons. The first kappa shape index (κ1) is 20.2. The van der Waals surface area contributed by atoms with E-state index in [1.165, 1.54) is 14.2 Å². The lowest BCUT2D eigenvalue weighted by atomic mass is 10.2. The van der Waals surface area contributed by atoms with Crippen molar-refractivity contribution in [2.45, 2.75) is 0 Å². The zero-order valence-electron chi connectivity index (χ0n) is 14.5. The smallest absolute Gasteiger partial charge is 0.251 e. The van der Waals surface area contributed by atoms with Crippen molar-refractivity contribution in [3.63, 3.8) is 0 Å². The molecule has 0 fully saturated rings. The summed E-state index contributed by atoms with van der Waals surface area (Å²) in [6.45, 7) is 1.07. The Morgan fingerprint density at radius 2 is 1.67 bits per heavy atom. The predicted octanol–water partition coefficient (Wildman–Crippen LogP) is -1.50. The molecular weight excluding hydrogens is 334 g/mol. The van der Waals surface area contributed by atoms with Gasteiger partial charge in [-0.1, -0.05) is 0 Å². The lowest BCUT2D eigenvalue weighted by molar-refractivity contribution is -0.856. The van der Waals surface area contributed by atoms with Gasteiger partial charge >= 0.3 is 0 Å². The minimum absolute atomic E-state index is 0.0164. The van der Waals surface area contributed by atoms with Crippen LogP contribution in [0.2, 0.25) is 0 Å². The van der Waals surface area contributed by atoms with Crippen LogP contribution in [0.15, 0.2) is 18.2 Å². The number of rotatable bonds is 10. The Labute approximate surface area is 143 Å². The van der Waals surface area contributed by atoms with Gasteiger partial charge in [-0.05, 0) is 12.1 Å². The summed E-state index contributed by atoms with van der Waals surface area (Å²) >= 11 is 0. The number of carbonyl (C=O) groups excluding carboxylic acids is 1. The number of quaternary nitrogens is 1. The molecule has 0 bridgehead atoms. The van der Waals surface area contributed by atoms with Gasteiger partial charge in [-0.25, -0.2) is 13.1 Å². The first-order valence-electron chi connectivity index (χ1n) is 7.55. The van der Waals surface area contributed by atoms with Crippen LogP contribution in [-0.2, 0) is 10.0 Å². The Morgan fingerprint density at radius 3 is 2.17 bits per heavy atom. The summed E-state index contributed by atoms with van der Waals surface area (Å²) in [5.41, 5.74) is 0.341. The highest BCUT2D eigenvalue weighted by Gasteiger charge is 2.13. The molecule has 0 saturated heterocycles. The first-order chi connectivity index (χ1) is 11.3. The molecule has 0 aliphatic rings. The number of benzene rings is 1. The highest BCUT2D eigenvalue weighted by atomic mass is 32.2. The Kier molecular flexibility index (Phi) is 7.96. The third kappa shape index (κ3) is 7.16. The number of hydrogen-bond donors (Lipinski definition) is 3. The average molecular weight is 360 g/mol. The van der Waals surface area contributed by atoms with E-state index in [-0.39, 0.29) is 18.2 Å². The highest BCUT2D eigenvalue weighted by molar-refractivity contribution is 7.89. The van der Waals surface area contributed by atoms with Gasteiger partial charge in [0.2, 0.25) is 10.0 Å². The summed E-state index contributed by atoms with van der Waals surface area (Å²) in [6, 6.07) is 4.77. The van der Waals surface area contributed by atoms with E-state index in [1.54, 1.807) is 18.2 Å². The second-order valence-corrected chi connectivity index (χ2v) is 7.45. The van der Waals surface area contributed by atoms with Crippen molar-refractivity contribution in [2.75, 3.05) is 53.7 Å². The SMILES string of the molecule is COc1cc(OC)cc(C(=O)NCCS(=O)(=O)NCC[NH+](C)C)c1. The lowest BCUT2D eigenvalue weighted by Gasteiger charge is -2.11. The van der Waals surface area contributed by atoms with E-state index in [0.717, 1.165) is 4.90 Å². The van der Waals surface area contributed by atoms with Crippen LogP contribution in [0.3, 0.4) is 0 Å². The molecule has 0 saturated carbocycles. The Morgan fingerprint density at radius 1 is 1.08 bits per heavy atom. The number of ether oxygens (including phenoxy) is 2. The average Bonchev–Trinajstić information content (AvgIpc) is 2.53. The fourth-order valence-corrected chi connectivity index (χ4v) is 2.80. The Balaban J connectivity index is 2.54.